The lowest BCUT2D eigenvalue weighted by molar-refractivity contribution is -0.138. The Bertz CT molecular complexity index is 64.0. The number of nitrogens with two attached hydrogens (primary N) is 1. The number of hydrogen-bond acceptors (Lipinski definition) is 2. The van der Waals surface area contributed by atoms with E-state index in [0.29, 0.717) is 0 Å². The molecule has 0 aromatic carbocycles. The van der Waals surface area contributed by atoms with Crippen LogP contribution in [0.5, 0.6) is 0 Å². The molecule has 0 saturated heterocycles. The second-order valence-corrected chi connectivity index (χ2v) is 1.13. The zero-order valence-electron chi connectivity index (χ0n) is 3.92. The van der Waals surface area contributed by atoms with E-state index in [1.54, 1.807) is 0 Å². The summed E-state index contributed by atoms with van der Waals surface area (Å²) in [6.45, 7) is 1.42. The summed E-state index contributed by atoms with van der Waals surface area (Å²) in [4.78, 5) is 9.57. The Labute approximate surface area is 52.3 Å². The standard InChI is InChI=1S/C3H7NO2.BrH/c1-2(4)3(5)6;/h2H,4H2,1H3,(H,5,6);1H. The number of carboxylic acids is 1. The van der Waals surface area contributed by atoms with Crippen molar-refractivity contribution < 1.29 is 9.90 Å². The highest BCUT2D eigenvalue weighted by Gasteiger charge is 1.99. The zero-order valence-corrected chi connectivity index (χ0v) is 5.63. The van der Waals surface area contributed by atoms with E-state index in [1.165, 1.54) is 6.92 Å². The second-order valence-electron chi connectivity index (χ2n) is 1.13. The van der Waals surface area contributed by atoms with Gasteiger partial charge >= 0.3 is 5.97 Å². The van der Waals surface area contributed by atoms with Crippen molar-refractivity contribution in [3.05, 3.63) is 0 Å². The largest absolute Gasteiger partial charge is 0.480 e. The lowest BCUT2D eigenvalue weighted by Gasteiger charge is -1.90. The monoisotopic (exact) mass is 169 g/mol. The summed E-state index contributed by atoms with van der Waals surface area (Å²) in [5, 5.41) is 7.87. The first-order chi connectivity index (χ1) is 2.64. The van der Waals surface area contributed by atoms with Crippen molar-refractivity contribution >= 4 is 23.0 Å². The van der Waals surface area contributed by atoms with Crippen molar-refractivity contribution in [2.75, 3.05) is 0 Å². The Kier molecular flexibility index (Phi) is 5.83. The lowest BCUT2D eigenvalue weighted by atomic mass is 10.4. The zero-order chi connectivity index (χ0) is 5.15. The number of aliphatic carboxylic acids is 1. The molecule has 0 heterocycles. The topological polar surface area (TPSA) is 63.3 Å². The van der Waals surface area contributed by atoms with Gasteiger partial charge in [-0.3, -0.25) is 4.79 Å². The molecular weight excluding hydrogens is 162 g/mol. The molecule has 0 aliphatic carbocycles. The van der Waals surface area contributed by atoms with Gasteiger partial charge in [-0.2, -0.15) is 0 Å². The van der Waals surface area contributed by atoms with Gasteiger partial charge in [-0.25, -0.2) is 0 Å². The summed E-state index contributed by atoms with van der Waals surface area (Å²) < 4.78 is 0. The minimum Gasteiger partial charge on any atom is -0.480 e. The lowest BCUT2D eigenvalue weighted by Crippen LogP contribution is -2.25. The normalized spacial score (nSPS) is 11.7. The Morgan fingerprint density at radius 1 is 1.86 bits per heavy atom. The number of rotatable bonds is 1. The Hall–Kier alpha value is -0.0900. The van der Waals surface area contributed by atoms with Crippen LogP contribution >= 0.6 is 17.0 Å². The van der Waals surface area contributed by atoms with Gasteiger partial charge in [0.2, 0.25) is 0 Å². The van der Waals surface area contributed by atoms with Crippen molar-refractivity contribution in [1.82, 2.24) is 0 Å². The van der Waals surface area contributed by atoms with Gasteiger partial charge in [0, 0.05) is 0 Å². The van der Waals surface area contributed by atoms with Gasteiger partial charge in [-0.1, -0.05) is 0 Å². The molecule has 3 nitrogen and oxygen atoms in total. The quantitative estimate of drug-likeness (QED) is 0.581. The highest BCUT2D eigenvalue weighted by Crippen LogP contribution is 1.68. The molecular formula is C3H8BrNO2. The first kappa shape index (κ1) is 10.0. The Morgan fingerprint density at radius 2 is 2.00 bits per heavy atom. The van der Waals surface area contributed by atoms with Gasteiger partial charge in [-0.05, 0) is 6.92 Å². The fourth-order valence-corrected chi connectivity index (χ4v) is 0. The van der Waals surface area contributed by atoms with E-state index in [-0.39, 0.29) is 17.0 Å². The van der Waals surface area contributed by atoms with Gasteiger partial charge in [0.1, 0.15) is 6.04 Å². The maximum atomic E-state index is 9.57. The maximum absolute atomic E-state index is 9.57. The van der Waals surface area contributed by atoms with Crippen LogP contribution in [0.4, 0.5) is 0 Å². The molecule has 0 saturated carbocycles. The van der Waals surface area contributed by atoms with Crippen molar-refractivity contribution in [3.8, 4) is 0 Å². The van der Waals surface area contributed by atoms with Gasteiger partial charge in [-0.15, -0.1) is 17.0 Å². The van der Waals surface area contributed by atoms with Crippen molar-refractivity contribution in [1.29, 1.82) is 0 Å². The average molecular weight is 170 g/mol. The third-order valence-corrected chi connectivity index (χ3v) is 0.390. The average Bonchev–Trinajstić information content (AvgIpc) is 1.36. The first-order valence-corrected chi connectivity index (χ1v) is 1.63. The molecule has 0 spiro atoms. The van der Waals surface area contributed by atoms with E-state index >= 15 is 0 Å². The van der Waals surface area contributed by atoms with Gasteiger partial charge in [0.15, 0.2) is 0 Å². The fraction of sp³-hybridized carbons (Fsp3) is 0.667. The Morgan fingerprint density at radius 3 is 2.00 bits per heavy atom. The van der Waals surface area contributed by atoms with Crippen LogP contribution < -0.4 is 5.73 Å². The van der Waals surface area contributed by atoms with E-state index in [4.69, 9.17) is 10.8 Å². The van der Waals surface area contributed by atoms with Crippen molar-refractivity contribution in [2.45, 2.75) is 13.0 Å². The number of halogens is 1. The molecule has 4 heteroatoms. The fourth-order valence-electron chi connectivity index (χ4n) is 0. The summed E-state index contributed by atoms with van der Waals surface area (Å²) in [5.74, 6) is -0.963. The molecule has 0 bridgehead atoms. The van der Waals surface area contributed by atoms with E-state index in [9.17, 15) is 4.79 Å². The summed E-state index contributed by atoms with van der Waals surface area (Å²) in [5.41, 5.74) is 4.84. The number of carboxylic acid groups (broad SMARTS) is 1. The summed E-state index contributed by atoms with van der Waals surface area (Å²) in [6, 6.07) is -0.731. The first-order valence-electron chi connectivity index (χ1n) is 1.63. The highest BCUT2D eigenvalue weighted by molar-refractivity contribution is 8.93. The Balaban J connectivity index is 0. The molecule has 0 rings (SSSR count). The van der Waals surface area contributed by atoms with E-state index < -0.39 is 12.0 Å². The van der Waals surface area contributed by atoms with Crippen LogP contribution in [0.25, 0.3) is 0 Å². The molecule has 0 aromatic rings. The maximum Gasteiger partial charge on any atom is 0.320 e. The molecule has 44 valence electrons. The van der Waals surface area contributed by atoms with Gasteiger partial charge in [0.25, 0.3) is 0 Å². The predicted octanol–water partition coefficient (Wildman–Crippen LogP) is -0.00390. The van der Waals surface area contributed by atoms with Crippen molar-refractivity contribution in [3.63, 3.8) is 0 Å². The van der Waals surface area contributed by atoms with Crippen LogP contribution in [-0.2, 0) is 4.79 Å². The molecule has 0 aromatic heterocycles. The van der Waals surface area contributed by atoms with E-state index in [1.807, 2.05) is 0 Å². The molecule has 0 amide bonds. The van der Waals surface area contributed by atoms with Crippen LogP contribution in [-0.4, -0.2) is 17.1 Å². The highest BCUT2D eigenvalue weighted by atomic mass is 79.9. The van der Waals surface area contributed by atoms with Crippen LogP contribution in [0.2, 0.25) is 0 Å². The molecule has 0 fully saturated rings. The van der Waals surface area contributed by atoms with E-state index in [0.717, 1.165) is 0 Å². The third-order valence-electron chi connectivity index (χ3n) is 0.390. The minimum atomic E-state index is -0.963. The van der Waals surface area contributed by atoms with Crippen LogP contribution in [0.3, 0.4) is 0 Å². The third kappa shape index (κ3) is 5.91. The molecule has 0 radical (unpaired) electrons. The molecule has 0 aliphatic heterocycles. The van der Waals surface area contributed by atoms with E-state index in [2.05, 4.69) is 0 Å². The SMILES string of the molecule is Br.CC(N)C(=O)O. The van der Waals surface area contributed by atoms with Gasteiger partial charge in [0.05, 0.1) is 0 Å². The molecule has 1 atom stereocenters. The summed E-state index contributed by atoms with van der Waals surface area (Å²) >= 11 is 0. The van der Waals surface area contributed by atoms with Crippen LogP contribution in [0.1, 0.15) is 6.92 Å². The van der Waals surface area contributed by atoms with Crippen LogP contribution in [0.15, 0.2) is 0 Å². The summed E-state index contributed by atoms with van der Waals surface area (Å²) in [6.07, 6.45) is 0. The second kappa shape index (κ2) is 4.08. The summed E-state index contributed by atoms with van der Waals surface area (Å²) in [7, 11) is 0. The molecule has 1 unspecified atom stereocenters. The van der Waals surface area contributed by atoms with Gasteiger partial charge < -0.3 is 10.8 Å². The van der Waals surface area contributed by atoms with Crippen LogP contribution in [0, 0.1) is 0 Å². The molecule has 7 heavy (non-hydrogen) atoms. The van der Waals surface area contributed by atoms with Crippen molar-refractivity contribution in [2.24, 2.45) is 5.73 Å². The smallest absolute Gasteiger partial charge is 0.320 e. The molecule has 0 aliphatic rings. The number of carbonyl (C=O) groups is 1. The predicted molar refractivity (Wildman–Crippen MR) is 31.6 cm³/mol. The molecule has 3 N–H and O–H groups in total. The number of hydrogen-bond donors (Lipinski definition) is 2. The minimum absolute atomic E-state index is 0.